The van der Waals surface area contributed by atoms with Gasteiger partial charge >= 0.3 is 0 Å². The van der Waals surface area contributed by atoms with E-state index in [-0.39, 0.29) is 6.04 Å². The lowest BCUT2D eigenvalue weighted by atomic mass is 9.98. The molecule has 1 aromatic carbocycles. The van der Waals surface area contributed by atoms with Crippen LogP contribution in [0.5, 0.6) is 0 Å². The summed E-state index contributed by atoms with van der Waals surface area (Å²) in [6.07, 6.45) is 3.68. The van der Waals surface area contributed by atoms with E-state index in [0.717, 1.165) is 23.1 Å². The van der Waals surface area contributed by atoms with Gasteiger partial charge in [0.15, 0.2) is 0 Å². The van der Waals surface area contributed by atoms with Crippen molar-refractivity contribution >= 4 is 10.9 Å². The van der Waals surface area contributed by atoms with Crippen molar-refractivity contribution in [1.29, 1.82) is 0 Å². The van der Waals surface area contributed by atoms with Crippen molar-refractivity contribution in [3.8, 4) is 0 Å². The van der Waals surface area contributed by atoms with Crippen LogP contribution in [0.15, 0.2) is 54.9 Å². The molecule has 3 aromatic rings. The second-order valence-electron chi connectivity index (χ2n) is 5.15. The quantitative estimate of drug-likeness (QED) is 0.791. The fourth-order valence-corrected chi connectivity index (χ4v) is 2.65. The number of aromatic nitrogens is 2. The van der Waals surface area contributed by atoms with Crippen LogP contribution >= 0.6 is 0 Å². The summed E-state index contributed by atoms with van der Waals surface area (Å²) in [5.74, 6) is 0. The highest BCUT2D eigenvalue weighted by Crippen LogP contribution is 2.25. The van der Waals surface area contributed by atoms with Crippen LogP contribution in [0.1, 0.15) is 29.8 Å². The molecule has 0 bridgehead atoms. The number of nitrogens with one attached hydrogen (secondary N) is 1. The molecule has 1 unspecified atom stereocenters. The Morgan fingerprint density at radius 1 is 1.05 bits per heavy atom. The predicted molar refractivity (Wildman–Crippen MR) is 86.2 cm³/mol. The topological polar surface area (TPSA) is 37.8 Å². The highest BCUT2D eigenvalue weighted by Gasteiger charge is 2.16. The molecule has 0 amide bonds. The molecule has 0 aliphatic rings. The third kappa shape index (κ3) is 2.78. The van der Waals surface area contributed by atoms with Crippen LogP contribution < -0.4 is 5.32 Å². The second kappa shape index (κ2) is 6.02. The van der Waals surface area contributed by atoms with Gasteiger partial charge in [-0.2, -0.15) is 0 Å². The highest BCUT2D eigenvalue weighted by molar-refractivity contribution is 5.79. The molecule has 2 heterocycles. The number of hydrogen-bond acceptors (Lipinski definition) is 3. The van der Waals surface area contributed by atoms with Crippen molar-refractivity contribution in [3.05, 3.63) is 71.7 Å². The Morgan fingerprint density at radius 2 is 1.86 bits per heavy atom. The van der Waals surface area contributed by atoms with E-state index in [1.165, 1.54) is 11.1 Å². The van der Waals surface area contributed by atoms with Gasteiger partial charge in [-0.25, -0.2) is 0 Å². The molecule has 0 radical (unpaired) electrons. The summed E-state index contributed by atoms with van der Waals surface area (Å²) >= 11 is 0. The van der Waals surface area contributed by atoms with Gasteiger partial charge in [0.25, 0.3) is 0 Å². The molecule has 0 aliphatic heterocycles. The van der Waals surface area contributed by atoms with Gasteiger partial charge in [0, 0.05) is 17.8 Å². The number of fused-ring (bicyclic) bond motifs is 1. The molecular formula is C18H19N3. The molecule has 2 aromatic heterocycles. The summed E-state index contributed by atoms with van der Waals surface area (Å²) in [7, 11) is 0. The Labute approximate surface area is 125 Å². The number of benzene rings is 1. The fraction of sp³-hybridized carbons (Fsp3) is 0.222. The molecule has 106 valence electrons. The van der Waals surface area contributed by atoms with E-state index in [2.05, 4.69) is 59.5 Å². The van der Waals surface area contributed by atoms with Gasteiger partial charge in [0.1, 0.15) is 0 Å². The maximum Gasteiger partial charge on any atom is 0.0754 e. The molecule has 0 spiro atoms. The Kier molecular flexibility index (Phi) is 3.93. The van der Waals surface area contributed by atoms with E-state index in [1.54, 1.807) is 0 Å². The van der Waals surface area contributed by atoms with Crippen LogP contribution in [0.25, 0.3) is 10.9 Å². The Hall–Kier alpha value is -2.26. The van der Waals surface area contributed by atoms with Crippen molar-refractivity contribution in [1.82, 2.24) is 15.3 Å². The Bertz CT molecular complexity index is 752. The second-order valence-corrected chi connectivity index (χ2v) is 5.15. The minimum absolute atomic E-state index is 0.112. The zero-order valence-corrected chi connectivity index (χ0v) is 12.4. The molecule has 3 rings (SSSR count). The lowest BCUT2D eigenvalue weighted by Gasteiger charge is -2.20. The molecule has 0 saturated carbocycles. The molecule has 0 fully saturated rings. The largest absolute Gasteiger partial charge is 0.305 e. The summed E-state index contributed by atoms with van der Waals surface area (Å²) in [5.41, 5.74) is 4.53. The zero-order valence-electron chi connectivity index (χ0n) is 12.4. The van der Waals surface area contributed by atoms with E-state index < -0.39 is 0 Å². The summed E-state index contributed by atoms with van der Waals surface area (Å²) in [4.78, 5) is 8.96. The van der Waals surface area contributed by atoms with Gasteiger partial charge in [-0.05, 0) is 48.9 Å². The van der Waals surface area contributed by atoms with E-state index in [9.17, 15) is 0 Å². The minimum atomic E-state index is 0.112. The van der Waals surface area contributed by atoms with Crippen molar-refractivity contribution < 1.29 is 0 Å². The Balaban J connectivity index is 2.09. The molecule has 21 heavy (non-hydrogen) atoms. The lowest BCUT2D eigenvalue weighted by Crippen LogP contribution is -2.23. The number of pyridine rings is 2. The smallest absolute Gasteiger partial charge is 0.0754 e. The summed E-state index contributed by atoms with van der Waals surface area (Å²) in [5, 5.41) is 4.70. The number of aryl methyl sites for hydroxylation is 1. The molecule has 0 aliphatic carbocycles. The van der Waals surface area contributed by atoms with Gasteiger partial charge in [0.2, 0.25) is 0 Å². The number of rotatable bonds is 4. The molecule has 0 saturated heterocycles. The van der Waals surface area contributed by atoms with Gasteiger partial charge in [0.05, 0.1) is 17.3 Å². The van der Waals surface area contributed by atoms with Gasteiger partial charge in [-0.1, -0.05) is 25.1 Å². The molecule has 1 atom stereocenters. The normalized spacial score (nSPS) is 12.5. The van der Waals surface area contributed by atoms with E-state index in [0.29, 0.717) is 0 Å². The van der Waals surface area contributed by atoms with Crippen LogP contribution in [-0.2, 0) is 0 Å². The van der Waals surface area contributed by atoms with Gasteiger partial charge in [-0.15, -0.1) is 0 Å². The minimum Gasteiger partial charge on any atom is -0.305 e. The maximum absolute atomic E-state index is 4.58. The first-order valence-electron chi connectivity index (χ1n) is 7.29. The number of nitrogens with zero attached hydrogens (tertiary/aromatic N) is 2. The fourth-order valence-electron chi connectivity index (χ4n) is 2.65. The van der Waals surface area contributed by atoms with Gasteiger partial charge < -0.3 is 5.32 Å². The van der Waals surface area contributed by atoms with Crippen LogP contribution in [0.3, 0.4) is 0 Å². The highest BCUT2D eigenvalue weighted by atomic mass is 14.9. The summed E-state index contributed by atoms with van der Waals surface area (Å²) in [6, 6.07) is 14.7. The lowest BCUT2D eigenvalue weighted by molar-refractivity contribution is 0.612. The first-order chi connectivity index (χ1) is 10.3. The molecule has 3 heteroatoms. The van der Waals surface area contributed by atoms with Gasteiger partial charge in [-0.3, -0.25) is 9.97 Å². The third-order valence-electron chi connectivity index (χ3n) is 3.69. The average Bonchev–Trinajstić information content (AvgIpc) is 2.53. The molecule has 1 N–H and O–H groups in total. The monoisotopic (exact) mass is 277 g/mol. The van der Waals surface area contributed by atoms with Crippen LogP contribution in [-0.4, -0.2) is 16.5 Å². The summed E-state index contributed by atoms with van der Waals surface area (Å²) < 4.78 is 0. The third-order valence-corrected chi connectivity index (χ3v) is 3.69. The van der Waals surface area contributed by atoms with Crippen molar-refractivity contribution in [2.75, 3.05) is 6.54 Å². The van der Waals surface area contributed by atoms with Crippen LogP contribution in [0.4, 0.5) is 0 Å². The number of hydrogen-bond donors (Lipinski definition) is 1. The maximum atomic E-state index is 4.58. The average molecular weight is 277 g/mol. The van der Waals surface area contributed by atoms with Crippen molar-refractivity contribution in [3.63, 3.8) is 0 Å². The van der Waals surface area contributed by atoms with E-state index in [1.807, 2.05) is 24.5 Å². The van der Waals surface area contributed by atoms with E-state index >= 15 is 0 Å². The van der Waals surface area contributed by atoms with Crippen molar-refractivity contribution in [2.45, 2.75) is 19.9 Å². The van der Waals surface area contributed by atoms with Crippen molar-refractivity contribution in [2.24, 2.45) is 0 Å². The summed E-state index contributed by atoms with van der Waals surface area (Å²) in [6.45, 7) is 5.12. The Morgan fingerprint density at radius 3 is 2.67 bits per heavy atom. The standard InChI is InChI=1S/C18H19N3/c1-3-19-18(17-13(2)6-4-11-21-17)15-8-9-16-14(12-15)7-5-10-20-16/h4-12,18-19H,3H2,1-2H3. The predicted octanol–water partition coefficient (Wildman–Crippen LogP) is 3.64. The zero-order chi connectivity index (χ0) is 14.7. The first-order valence-corrected chi connectivity index (χ1v) is 7.29. The van der Waals surface area contributed by atoms with Crippen LogP contribution in [0.2, 0.25) is 0 Å². The van der Waals surface area contributed by atoms with Crippen LogP contribution in [0, 0.1) is 6.92 Å². The SMILES string of the molecule is CCNC(c1ccc2ncccc2c1)c1ncccc1C. The molecular weight excluding hydrogens is 258 g/mol. The molecule has 3 nitrogen and oxygen atoms in total. The first kappa shape index (κ1) is 13.7. The van der Waals surface area contributed by atoms with E-state index in [4.69, 9.17) is 0 Å².